The molecule has 0 atom stereocenters. The lowest BCUT2D eigenvalue weighted by molar-refractivity contribution is -0.136. The van der Waals surface area contributed by atoms with Gasteiger partial charge in [-0.05, 0) is 89.2 Å². The van der Waals surface area contributed by atoms with Crippen molar-refractivity contribution in [1.82, 2.24) is 0 Å². The second-order valence-electron chi connectivity index (χ2n) is 9.32. The maximum atomic E-state index is 12.8. The van der Waals surface area contributed by atoms with Crippen molar-refractivity contribution in [3.8, 4) is 22.3 Å². The average Bonchev–Trinajstić information content (AvgIpc) is 2.91. The highest BCUT2D eigenvalue weighted by Crippen LogP contribution is 2.50. The van der Waals surface area contributed by atoms with Gasteiger partial charge in [0.1, 0.15) is 0 Å². The van der Waals surface area contributed by atoms with Gasteiger partial charge >= 0.3 is 5.97 Å². The van der Waals surface area contributed by atoms with Gasteiger partial charge in [-0.2, -0.15) is 0 Å². The van der Waals surface area contributed by atoms with E-state index < -0.39 is 5.97 Å². The maximum absolute atomic E-state index is 12.8. The molecule has 1 heterocycles. The summed E-state index contributed by atoms with van der Waals surface area (Å²) < 4.78 is 2.21. The molecule has 1 amide bonds. The fourth-order valence-corrected chi connectivity index (χ4v) is 6.10. The predicted octanol–water partition coefficient (Wildman–Crippen LogP) is 7.77. The minimum absolute atomic E-state index is 0.0720. The van der Waals surface area contributed by atoms with Crippen molar-refractivity contribution in [3.05, 3.63) is 106 Å². The van der Waals surface area contributed by atoms with E-state index >= 15 is 0 Å². The third kappa shape index (κ3) is 4.77. The SMILES string of the molecule is CSN1Cc2cc(NC(=O)c3ccccc3)ccc2-c2c(C)c(-c3ccc(Cl)cc3)c(CC(=O)O)c(C)c21. The molecule has 0 saturated heterocycles. The maximum Gasteiger partial charge on any atom is 0.307 e. The van der Waals surface area contributed by atoms with E-state index in [1.165, 1.54) is 0 Å². The number of carboxylic acid groups (broad SMARTS) is 1. The zero-order valence-electron chi connectivity index (χ0n) is 21.3. The quantitative estimate of drug-likeness (QED) is 0.243. The van der Waals surface area contributed by atoms with Crippen LogP contribution in [-0.4, -0.2) is 23.2 Å². The van der Waals surface area contributed by atoms with E-state index in [0.717, 1.165) is 55.9 Å². The van der Waals surface area contributed by atoms with Crippen LogP contribution in [0.1, 0.15) is 32.6 Å². The molecule has 2 N–H and O–H groups in total. The molecule has 0 unspecified atom stereocenters. The predicted molar refractivity (Wildman–Crippen MR) is 157 cm³/mol. The van der Waals surface area contributed by atoms with Crippen LogP contribution >= 0.6 is 23.5 Å². The van der Waals surface area contributed by atoms with Crippen molar-refractivity contribution in [3.63, 3.8) is 0 Å². The molecule has 0 bridgehead atoms. The van der Waals surface area contributed by atoms with Gasteiger partial charge in [-0.3, -0.25) is 9.59 Å². The Morgan fingerprint density at radius 1 is 0.974 bits per heavy atom. The molecule has 1 aliphatic rings. The lowest BCUT2D eigenvalue weighted by atomic mass is 9.81. The Labute approximate surface area is 231 Å². The molecule has 192 valence electrons. The number of carbonyl (C=O) groups excluding carboxylic acids is 1. The third-order valence-corrected chi connectivity index (χ3v) is 8.01. The number of carbonyl (C=O) groups is 2. The third-order valence-electron chi connectivity index (χ3n) is 7.01. The molecule has 7 heteroatoms. The highest BCUT2D eigenvalue weighted by molar-refractivity contribution is 7.99. The van der Waals surface area contributed by atoms with Crippen LogP contribution in [-0.2, 0) is 17.8 Å². The summed E-state index contributed by atoms with van der Waals surface area (Å²) in [5.41, 5.74) is 10.3. The van der Waals surface area contributed by atoms with E-state index in [1.54, 1.807) is 24.1 Å². The van der Waals surface area contributed by atoms with Crippen LogP contribution in [0.2, 0.25) is 5.02 Å². The fraction of sp³-hybridized carbons (Fsp3) is 0.161. The molecular formula is C31H27ClN2O3S. The number of nitrogens with one attached hydrogen (secondary N) is 1. The highest BCUT2D eigenvalue weighted by atomic mass is 35.5. The molecule has 0 aliphatic carbocycles. The van der Waals surface area contributed by atoms with E-state index in [1.807, 2.05) is 67.8 Å². The summed E-state index contributed by atoms with van der Waals surface area (Å²) in [6.45, 7) is 4.70. The van der Waals surface area contributed by atoms with Gasteiger partial charge in [0.15, 0.2) is 0 Å². The molecule has 4 aromatic rings. The average molecular weight is 543 g/mol. The lowest BCUT2D eigenvalue weighted by Crippen LogP contribution is -2.23. The number of amides is 1. The monoisotopic (exact) mass is 542 g/mol. The van der Waals surface area contributed by atoms with Gasteiger partial charge < -0.3 is 14.7 Å². The number of nitrogens with zero attached hydrogens (tertiary/aromatic N) is 1. The second kappa shape index (κ2) is 10.6. The van der Waals surface area contributed by atoms with Crippen LogP contribution in [0, 0.1) is 13.8 Å². The van der Waals surface area contributed by atoms with Crippen molar-refractivity contribution < 1.29 is 14.7 Å². The lowest BCUT2D eigenvalue weighted by Gasteiger charge is -2.36. The number of rotatable bonds is 6. The number of halogens is 1. The summed E-state index contributed by atoms with van der Waals surface area (Å²) in [4.78, 5) is 24.7. The van der Waals surface area contributed by atoms with Crippen LogP contribution in [0.15, 0.2) is 72.8 Å². The van der Waals surface area contributed by atoms with Gasteiger partial charge in [0.25, 0.3) is 5.91 Å². The Morgan fingerprint density at radius 2 is 1.68 bits per heavy atom. The molecule has 0 saturated carbocycles. The summed E-state index contributed by atoms with van der Waals surface area (Å²) in [6.07, 6.45) is 1.95. The van der Waals surface area contributed by atoms with Crippen molar-refractivity contribution in [1.29, 1.82) is 0 Å². The number of hydrogen-bond donors (Lipinski definition) is 2. The molecule has 0 radical (unpaired) electrons. The van der Waals surface area contributed by atoms with Crippen LogP contribution in [0.4, 0.5) is 11.4 Å². The summed E-state index contributed by atoms with van der Waals surface area (Å²) in [6, 6.07) is 22.7. The van der Waals surface area contributed by atoms with Gasteiger partial charge in [-0.1, -0.05) is 59.9 Å². The normalized spacial score (nSPS) is 12.1. The molecule has 0 spiro atoms. The van der Waals surface area contributed by atoms with Gasteiger partial charge in [-0.15, -0.1) is 0 Å². The Bertz CT molecular complexity index is 1550. The minimum atomic E-state index is -0.867. The number of benzene rings is 4. The summed E-state index contributed by atoms with van der Waals surface area (Å²) in [5.74, 6) is -1.02. The van der Waals surface area contributed by atoms with Crippen molar-refractivity contribution >= 4 is 46.8 Å². The Kier molecular flexibility index (Phi) is 7.19. The number of fused-ring (bicyclic) bond motifs is 3. The molecule has 5 nitrogen and oxygen atoms in total. The second-order valence-corrected chi connectivity index (χ2v) is 10.6. The molecule has 0 fully saturated rings. The first kappa shape index (κ1) is 25.9. The van der Waals surface area contributed by atoms with Gasteiger partial charge in [0.2, 0.25) is 0 Å². The Balaban J connectivity index is 1.67. The van der Waals surface area contributed by atoms with Crippen LogP contribution in [0.3, 0.4) is 0 Å². The highest BCUT2D eigenvalue weighted by Gasteiger charge is 2.30. The number of carboxylic acids is 1. The van der Waals surface area contributed by atoms with Gasteiger partial charge in [0.05, 0.1) is 18.7 Å². The van der Waals surface area contributed by atoms with E-state index in [-0.39, 0.29) is 12.3 Å². The number of aliphatic carboxylic acids is 1. The fourth-order valence-electron chi connectivity index (χ4n) is 5.30. The first-order chi connectivity index (χ1) is 18.3. The first-order valence-electron chi connectivity index (χ1n) is 12.2. The van der Waals surface area contributed by atoms with E-state index in [9.17, 15) is 14.7 Å². The summed E-state index contributed by atoms with van der Waals surface area (Å²) in [5, 5.41) is 13.4. The standard InChI is InChI=1S/C31H27ClN2O3S/c1-18-26(16-27(35)36)28(20-9-11-23(32)12-10-20)19(2)29-25-14-13-24(15-22(25)17-34(38-3)30(18)29)33-31(37)21-7-5-4-6-8-21/h4-15H,16-17H2,1-3H3,(H,33,37)(H,35,36). The van der Waals surface area contributed by atoms with E-state index in [2.05, 4.69) is 22.6 Å². The molecule has 38 heavy (non-hydrogen) atoms. The molecule has 4 aromatic carbocycles. The van der Waals surface area contributed by atoms with Crippen LogP contribution < -0.4 is 9.62 Å². The molecule has 5 rings (SSSR count). The topological polar surface area (TPSA) is 69.6 Å². The summed E-state index contributed by atoms with van der Waals surface area (Å²) in [7, 11) is 0. The van der Waals surface area contributed by atoms with Crippen molar-refractivity contribution in [2.24, 2.45) is 0 Å². The van der Waals surface area contributed by atoms with Crippen molar-refractivity contribution in [2.45, 2.75) is 26.8 Å². The largest absolute Gasteiger partial charge is 0.481 e. The van der Waals surface area contributed by atoms with E-state index in [0.29, 0.717) is 17.1 Å². The minimum Gasteiger partial charge on any atom is -0.481 e. The van der Waals surface area contributed by atoms with Crippen LogP contribution in [0.25, 0.3) is 22.3 Å². The Hall–Kier alpha value is -3.74. The molecular weight excluding hydrogens is 516 g/mol. The zero-order valence-corrected chi connectivity index (χ0v) is 22.9. The Morgan fingerprint density at radius 3 is 2.34 bits per heavy atom. The number of hydrogen-bond acceptors (Lipinski definition) is 4. The summed E-state index contributed by atoms with van der Waals surface area (Å²) >= 11 is 7.77. The smallest absolute Gasteiger partial charge is 0.307 e. The van der Waals surface area contributed by atoms with Gasteiger partial charge in [-0.25, -0.2) is 0 Å². The zero-order chi connectivity index (χ0) is 27.0. The van der Waals surface area contributed by atoms with Crippen molar-refractivity contribution in [2.75, 3.05) is 15.9 Å². The molecule has 0 aromatic heterocycles. The van der Waals surface area contributed by atoms with E-state index in [4.69, 9.17) is 11.6 Å². The van der Waals surface area contributed by atoms with Crippen LogP contribution in [0.5, 0.6) is 0 Å². The first-order valence-corrected chi connectivity index (χ1v) is 13.8. The van der Waals surface area contributed by atoms with Gasteiger partial charge in [0, 0.05) is 28.1 Å². The molecule has 1 aliphatic heterocycles. The number of anilines is 2.